The van der Waals surface area contributed by atoms with E-state index in [-0.39, 0.29) is 12.4 Å². The quantitative estimate of drug-likeness (QED) is 0.541. The van der Waals surface area contributed by atoms with Gasteiger partial charge >= 0.3 is 6.18 Å². The molecular weight excluding hydrogens is 461 g/mol. The molecule has 0 unspecified atom stereocenters. The molecule has 1 amide bonds. The van der Waals surface area contributed by atoms with E-state index in [0.717, 1.165) is 17.8 Å². The van der Waals surface area contributed by atoms with Gasteiger partial charge in [0.2, 0.25) is 5.91 Å². The zero-order valence-corrected chi connectivity index (χ0v) is 19.7. The normalized spacial score (nSPS) is 17.8. The van der Waals surface area contributed by atoms with Crippen LogP contribution in [0.5, 0.6) is 11.5 Å². The van der Waals surface area contributed by atoms with Crippen molar-refractivity contribution in [3.05, 3.63) is 53.6 Å². The lowest BCUT2D eigenvalue weighted by Crippen LogP contribution is -2.38. The minimum Gasteiger partial charge on any atom is -0.487 e. The fraction of sp³-hybridized carbons (Fsp3) is 0.423. The number of anilines is 2. The van der Waals surface area contributed by atoms with Crippen LogP contribution in [0.1, 0.15) is 44.2 Å². The number of halogens is 3. The molecule has 0 saturated carbocycles. The molecule has 0 radical (unpaired) electrons. The second-order valence-corrected chi connectivity index (χ2v) is 8.75. The molecule has 2 aliphatic heterocycles. The van der Waals surface area contributed by atoms with E-state index in [1.807, 2.05) is 24.8 Å². The summed E-state index contributed by atoms with van der Waals surface area (Å²) in [6, 6.07) is 8.78. The molecular formula is C26H29F3N2O4. The zero-order chi connectivity index (χ0) is 25.2. The third-order valence-corrected chi connectivity index (χ3v) is 6.66. The first-order chi connectivity index (χ1) is 16.7. The molecule has 0 fully saturated rings. The molecule has 2 aliphatic rings. The summed E-state index contributed by atoms with van der Waals surface area (Å²) in [6.45, 7) is 5.34. The van der Waals surface area contributed by atoms with E-state index in [1.165, 1.54) is 12.1 Å². The van der Waals surface area contributed by atoms with Crippen LogP contribution in [0.15, 0.2) is 42.5 Å². The van der Waals surface area contributed by atoms with E-state index in [2.05, 4.69) is 5.32 Å². The minimum atomic E-state index is -4.49. The number of nitrogens with one attached hydrogen (secondary N) is 1. The number of hydrogen-bond donors (Lipinski definition) is 2. The Bertz CT molecular complexity index is 1130. The molecule has 35 heavy (non-hydrogen) atoms. The van der Waals surface area contributed by atoms with Crippen LogP contribution in [0.3, 0.4) is 0 Å². The molecule has 0 spiro atoms. The molecule has 2 aromatic carbocycles. The highest BCUT2D eigenvalue weighted by Gasteiger charge is 2.38. The SMILES string of the molecule is CCC1(CC)CC(=CC(=O)Nc2cccc3c2OCCN3CCO)c2ccc(C(F)(F)F)cc2O1. The standard InChI is InChI=1S/C26H29F3N2O4/c1-3-25(4-2)16-17(19-9-8-18(26(27,28)29)15-22(19)35-25)14-23(33)30-20-6-5-7-21-24(20)34-13-11-31(21)10-12-32/h5-9,14-15,32H,3-4,10-13,16H2,1-2H3,(H,30,33). The summed E-state index contributed by atoms with van der Waals surface area (Å²) >= 11 is 0. The number of amides is 1. The summed E-state index contributed by atoms with van der Waals surface area (Å²) in [7, 11) is 0. The van der Waals surface area contributed by atoms with Crippen molar-refractivity contribution in [1.82, 2.24) is 0 Å². The highest BCUT2D eigenvalue weighted by Crippen LogP contribution is 2.46. The van der Waals surface area contributed by atoms with E-state index in [9.17, 15) is 23.1 Å². The first-order valence-corrected chi connectivity index (χ1v) is 11.7. The predicted octanol–water partition coefficient (Wildman–Crippen LogP) is 5.26. The van der Waals surface area contributed by atoms with Crippen molar-refractivity contribution in [2.75, 3.05) is 36.5 Å². The van der Waals surface area contributed by atoms with Gasteiger partial charge in [0.05, 0.1) is 30.1 Å². The van der Waals surface area contributed by atoms with Gasteiger partial charge in [-0.2, -0.15) is 13.2 Å². The number of para-hydroxylation sites is 1. The largest absolute Gasteiger partial charge is 0.487 e. The van der Waals surface area contributed by atoms with Crippen LogP contribution in [0.4, 0.5) is 24.5 Å². The van der Waals surface area contributed by atoms with Crippen molar-refractivity contribution in [3.8, 4) is 11.5 Å². The number of aliphatic hydroxyl groups excluding tert-OH is 1. The van der Waals surface area contributed by atoms with E-state index in [4.69, 9.17) is 9.47 Å². The zero-order valence-electron chi connectivity index (χ0n) is 19.7. The Hall–Kier alpha value is -3.20. The molecule has 0 atom stereocenters. The topological polar surface area (TPSA) is 71.0 Å². The van der Waals surface area contributed by atoms with Crippen LogP contribution in [0, 0.1) is 0 Å². The Balaban J connectivity index is 1.67. The Morgan fingerprint density at radius 2 is 2.00 bits per heavy atom. The second kappa shape index (κ2) is 9.81. The predicted molar refractivity (Wildman–Crippen MR) is 128 cm³/mol. The number of carbonyl (C=O) groups is 1. The maximum Gasteiger partial charge on any atom is 0.416 e. The molecule has 2 N–H and O–H groups in total. The Kier molecular flexibility index (Phi) is 6.98. The molecule has 0 bridgehead atoms. The molecule has 0 saturated heterocycles. The van der Waals surface area contributed by atoms with Gasteiger partial charge in [-0.1, -0.05) is 26.0 Å². The number of carbonyl (C=O) groups excluding carboxylic acids is 1. The Morgan fingerprint density at radius 3 is 2.69 bits per heavy atom. The van der Waals surface area contributed by atoms with Gasteiger partial charge in [0.25, 0.3) is 0 Å². The van der Waals surface area contributed by atoms with E-state index in [1.54, 1.807) is 12.1 Å². The van der Waals surface area contributed by atoms with Crippen LogP contribution < -0.4 is 19.7 Å². The van der Waals surface area contributed by atoms with Gasteiger partial charge in [-0.15, -0.1) is 0 Å². The average molecular weight is 491 g/mol. The summed E-state index contributed by atoms with van der Waals surface area (Å²) in [5.74, 6) is 0.247. The number of benzene rings is 2. The lowest BCUT2D eigenvalue weighted by Gasteiger charge is -2.39. The fourth-order valence-electron chi connectivity index (χ4n) is 4.62. The van der Waals surface area contributed by atoms with Crippen molar-refractivity contribution in [1.29, 1.82) is 0 Å². The fourth-order valence-corrected chi connectivity index (χ4v) is 4.62. The van der Waals surface area contributed by atoms with Crippen molar-refractivity contribution < 1.29 is 32.5 Å². The van der Waals surface area contributed by atoms with Gasteiger partial charge in [0.1, 0.15) is 18.0 Å². The van der Waals surface area contributed by atoms with Crippen LogP contribution in [0.2, 0.25) is 0 Å². The Labute approximate surface area is 202 Å². The molecule has 0 aliphatic carbocycles. The summed E-state index contributed by atoms with van der Waals surface area (Å²) in [6.07, 6.45) is -1.49. The molecule has 4 rings (SSSR count). The van der Waals surface area contributed by atoms with Gasteiger partial charge in [-0.25, -0.2) is 0 Å². The number of alkyl halides is 3. The lowest BCUT2D eigenvalue weighted by molar-refractivity contribution is -0.137. The number of aliphatic hydroxyl groups is 1. The first kappa shape index (κ1) is 24.9. The van der Waals surface area contributed by atoms with Gasteiger partial charge in [-0.05, 0) is 42.7 Å². The van der Waals surface area contributed by atoms with Crippen molar-refractivity contribution in [2.45, 2.75) is 44.9 Å². The summed E-state index contributed by atoms with van der Waals surface area (Å²) < 4.78 is 51.8. The minimum absolute atomic E-state index is 0.00371. The molecule has 9 heteroatoms. The van der Waals surface area contributed by atoms with Gasteiger partial charge in [-0.3, -0.25) is 4.79 Å². The highest BCUT2D eigenvalue weighted by molar-refractivity contribution is 6.06. The number of hydrogen-bond acceptors (Lipinski definition) is 5. The first-order valence-electron chi connectivity index (χ1n) is 11.7. The number of fused-ring (bicyclic) bond motifs is 2. The Morgan fingerprint density at radius 1 is 1.23 bits per heavy atom. The number of ether oxygens (including phenoxy) is 2. The molecule has 6 nitrogen and oxygen atoms in total. The molecule has 188 valence electrons. The average Bonchev–Trinajstić information content (AvgIpc) is 2.83. The monoisotopic (exact) mass is 490 g/mol. The van der Waals surface area contributed by atoms with Gasteiger partial charge in [0.15, 0.2) is 5.75 Å². The van der Waals surface area contributed by atoms with Crippen molar-refractivity contribution in [2.24, 2.45) is 0 Å². The third kappa shape index (κ3) is 5.10. The van der Waals surface area contributed by atoms with Crippen LogP contribution in [-0.2, 0) is 11.0 Å². The lowest BCUT2D eigenvalue weighted by atomic mass is 9.83. The van der Waals surface area contributed by atoms with Gasteiger partial charge in [0, 0.05) is 24.6 Å². The number of nitrogens with zero attached hydrogens (tertiary/aromatic N) is 1. The molecule has 2 aromatic rings. The summed E-state index contributed by atoms with van der Waals surface area (Å²) in [5.41, 5.74) is 0.888. The van der Waals surface area contributed by atoms with Crippen LogP contribution in [-0.4, -0.2) is 42.9 Å². The smallest absolute Gasteiger partial charge is 0.416 e. The maximum absolute atomic E-state index is 13.3. The van der Waals surface area contributed by atoms with E-state index < -0.39 is 23.2 Å². The summed E-state index contributed by atoms with van der Waals surface area (Å²) in [5, 5.41) is 12.2. The third-order valence-electron chi connectivity index (χ3n) is 6.66. The number of rotatable bonds is 6. The van der Waals surface area contributed by atoms with Crippen LogP contribution >= 0.6 is 0 Å². The number of β-amino-alcohol motifs (C(OH)–C–C–N with tert-alkyl or cyclic N) is 1. The van der Waals surface area contributed by atoms with E-state index >= 15 is 0 Å². The van der Waals surface area contributed by atoms with Crippen molar-refractivity contribution >= 4 is 22.9 Å². The maximum atomic E-state index is 13.3. The highest BCUT2D eigenvalue weighted by atomic mass is 19.4. The van der Waals surface area contributed by atoms with Gasteiger partial charge < -0.3 is 24.8 Å². The summed E-state index contributed by atoms with van der Waals surface area (Å²) in [4.78, 5) is 15.1. The molecule has 0 aromatic heterocycles. The van der Waals surface area contributed by atoms with Crippen molar-refractivity contribution in [3.63, 3.8) is 0 Å². The van der Waals surface area contributed by atoms with E-state index in [0.29, 0.717) is 61.5 Å². The van der Waals surface area contributed by atoms with Crippen LogP contribution in [0.25, 0.3) is 5.57 Å². The molecule has 2 heterocycles. The second-order valence-electron chi connectivity index (χ2n) is 8.75.